The third kappa shape index (κ3) is 10.2. The summed E-state index contributed by atoms with van der Waals surface area (Å²) in [5.41, 5.74) is 12.3. The summed E-state index contributed by atoms with van der Waals surface area (Å²) in [5, 5.41) is 6.13. The fourth-order valence-electron chi connectivity index (χ4n) is 2.07. The highest BCUT2D eigenvalue weighted by Gasteiger charge is 1.94. The van der Waals surface area contributed by atoms with E-state index in [9.17, 15) is 0 Å². The molecule has 1 aromatic carbocycles. The Morgan fingerprint density at radius 1 is 0.913 bits per heavy atom. The number of nitrogens with one attached hydrogen (secondary N) is 1. The summed E-state index contributed by atoms with van der Waals surface area (Å²) in [7, 11) is 0. The van der Waals surface area contributed by atoms with Gasteiger partial charge in [0.25, 0.3) is 0 Å². The van der Waals surface area contributed by atoms with Gasteiger partial charge >= 0.3 is 0 Å². The molecule has 5 nitrogen and oxygen atoms in total. The predicted octanol–water partition coefficient (Wildman–Crippen LogP) is 4.39. The first-order valence-corrected chi connectivity index (χ1v) is 8.45. The molecule has 0 aliphatic rings. The van der Waals surface area contributed by atoms with Crippen molar-refractivity contribution in [2.24, 2.45) is 0 Å². The summed E-state index contributed by atoms with van der Waals surface area (Å²) in [6, 6.07) is 7.60. The number of nitrogen functional groups attached to an aromatic ring is 2. The van der Waals surface area contributed by atoms with E-state index in [1.807, 2.05) is 24.3 Å². The molecule has 23 heavy (non-hydrogen) atoms. The maximum atomic E-state index is 5.63. The molecule has 0 radical (unpaired) electrons. The van der Waals surface area contributed by atoms with Gasteiger partial charge in [-0.2, -0.15) is 5.10 Å². The monoisotopic (exact) mass is 318 g/mol. The molecule has 0 aliphatic carbocycles. The maximum Gasteiger partial charge on any atom is 0.119 e. The van der Waals surface area contributed by atoms with Crippen LogP contribution in [-0.4, -0.2) is 16.8 Å². The van der Waals surface area contributed by atoms with Crippen molar-refractivity contribution in [1.82, 2.24) is 10.2 Å². The molecule has 0 saturated carbocycles. The summed E-state index contributed by atoms with van der Waals surface area (Å²) >= 11 is 0. The molecule has 5 N–H and O–H groups in total. The molecule has 1 aromatic heterocycles. The van der Waals surface area contributed by atoms with E-state index < -0.39 is 0 Å². The normalized spacial score (nSPS) is 9.96. The highest BCUT2D eigenvalue weighted by Crippen LogP contribution is 2.14. The van der Waals surface area contributed by atoms with Crippen molar-refractivity contribution in [2.75, 3.05) is 18.1 Å². The molecule has 2 aromatic rings. The summed E-state index contributed by atoms with van der Waals surface area (Å²) in [4.78, 5) is 0. The lowest BCUT2D eigenvalue weighted by atomic mass is 10.1. The minimum atomic E-state index is 0.676. The molecular weight excluding hydrogens is 288 g/mol. The van der Waals surface area contributed by atoms with Gasteiger partial charge in [0.15, 0.2) is 0 Å². The van der Waals surface area contributed by atoms with Crippen molar-refractivity contribution in [2.45, 2.75) is 51.9 Å². The van der Waals surface area contributed by atoms with Crippen molar-refractivity contribution in [3.63, 3.8) is 0 Å². The van der Waals surface area contributed by atoms with Crippen LogP contribution in [0.2, 0.25) is 0 Å². The van der Waals surface area contributed by atoms with Crippen LogP contribution in [0.4, 0.5) is 11.4 Å². The number of H-pyrrole nitrogens is 1. The summed E-state index contributed by atoms with van der Waals surface area (Å²) in [6.07, 6.45) is 12.4. The second kappa shape index (κ2) is 12.4. The Bertz CT molecular complexity index is 482. The number of hydrogen-bond donors (Lipinski definition) is 3. The fraction of sp³-hybridized carbons (Fsp3) is 0.500. The number of hydrogen-bond acceptors (Lipinski definition) is 4. The summed E-state index contributed by atoms with van der Waals surface area (Å²) in [6.45, 7) is 3.07. The molecule has 0 aliphatic heterocycles. The van der Waals surface area contributed by atoms with Gasteiger partial charge in [0.05, 0.1) is 18.5 Å². The Hall–Kier alpha value is -2.17. The first kappa shape index (κ1) is 18.9. The smallest absolute Gasteiger partial charge is 0.119 e. The number of ether oxygens (including phenoxy) is 1. The van der Waals surface area contributed by atoms with Crippen molar-refractivity contribution in [3.8, 4) is 5.75 Å². The Morgan fingerprint density at radius 2 is 1.57 bits per heavy atom. The number of nitrogens with zero attached hydrogens (tertiary/aromatic N) is 1. The predicted molar refractivity (Wildman–Crippen MR) is 97.3 cm³/mol. The van der Waals surface area contributed by atoms with Gasteiger partial charge in [-0.1, -0.05) is 45.4 Å². The minimum Gasteiger partial charge on any atom is -0.494 e. The van der Waals surface area contributed by atoms with Crippen LogP contribution < -0.4 is 16.2 Å². The number of benzene rings is 1. The molecule has 0 bridgehead atoms. The number of unbranched alkanes of at least 4 members (excludes halogenated alkanes) is 6. The van der Waals surface area contributed by atoms with Gasteiger partial charge in [-0.15, -0.1) is 0 Å². The molecule has 5 heteroatoms. The van der Waals surface area contributed by atoms with Gasteiger partial charge in [0.2, 0.25) is 0 Å². The van der Waals surface area contributed by atoms with Crippen LogP contribution in [0.1, 0.15) is 51.9 Å². The zero-order chi connectivity index (χ0) is 16.8. The van der Waals surface area contributed by atoms with Crippen molar-refractivity contribution in [3.05, 3.63) is 36.7 Å². The molecule has 0 saturated heterocycles. The molecule has 0 spiro atoms. The second-order valence-electron chi connectivity index (χ2n) is 5.57. The van der Waals surface area contributed by atoms with Crippen molar-refractivity contribution in [1.29, 1.82) is 0 Å². The first-order valence-electron chi connectivity index (χ1n) is 8.45. The second-order valence-corrected chi connectivity index (χ2v) is 5.57. The van der Waals surface area contributed by atoms with Crippen molar-refractivity contribution < 1.29 is 4.74 Å². The number of aromatic amines is 1. The number of nitrogens with two attached hydrogens (primary N) is 2. The Balaban J connectivity index is 0.000000366. The summed E-state index contributed by atoms with van der Waals surface area (Å²) in [5.74, 6) is 0.921. The van der Waals surface area contributed by atoms with Crippen LogP contribution in [-0.2, 0) is 0 Å². The Labute approximate surface area is 139 Å². The summed E-state index contributed by atoms with van der Waals surface area (Å²) < 4.78 is 5.63. The molecule has 0 amide bonds. The molecule has 128 valence electrons. The maximum absolute atomic E-state index is 5.63. The largest absolute Gasteiger partial charge is 0.494 e. The molecule has 1 heterocycles. The van der Waals surface area contributed by atoms with Gasteiger partial charge in [-0.3, -0.25) is 5.10 Å². The standard InChI is InChI=1S/C15H25NO.C3H5N3/c1-2-3-4-5-6-7-8-13-17-15-11-9-14(16)10-12-15;4-3-1-5-6-2-3/h9-12H,2-8,13,16H2,1H3;1-2H,4H2,(H,5,6). The van der Waals surface area contributed by atoms with Crippen LogP contribution in [0.3, 0.4) is 0 Å². The van der Waals surface area contributed by atoms with Gasteiger partial charge in [0, 0.05) is 11.9 Å². The zero-order valence-corrected chi connectivity index (χ0v) is 14.1. The lowest BCUT2D eigenvalue weighted by Crippen LogP contribution is -1.97. The van der Waals surface area contributed by atoms with E-state index in [1.54, 1.807) is 12.4 Å². The van der Waals surface area contributed by atoms with E-state index in [-0.39, 0.29) is 0 Å². The topological polar surface area (TPSA) is 89.9 Å². The highest BCUT2D eigenvalue weighted by atomic mass is 16.5. The Kier molecular flexibility index (Phi) is 10.2. The van der Waals surface area contributed by atoms with Crippen LogP contribution >= 0.6 is 0 Å². The zero-order valence-electron chi connectivity index (χ0n) is 14.1. The number of anilines is 2. The van der Waals surface area contributed by atoms with E-state index in [0.29, 0.717) is 5.69 Å². The quantitative estimate of drug-likeness (QED) is 0.472. The average molecular weight is 318 g/mol. The minimum absolute atomic E-state index is 0.676. The van der Waals surface area contributed by atoms with Crippen LogP contribution in [0, 0.1) is 0 Å². The van der Waals surface area contributed by atoms with Crippen molar-refractivity contribution >= 4 is 11.4 Å². The molecular formula is C18H30N4O. The fourth-order valence-corrected chi connectivity index (χ4v) is 2.07. The van der Waals surface area contributed by atoms with E-state index in [2.05, 4.69) is 17.1 Å². The van der Waals surface area contributed by atoms with Gasteiger partial charge in [-0.05, 0) is 30.7 Å². The van der Waals surface area contributed by atoms with Gasteiger partial charge in [0.1, 0.15) is 5.75 Å². The molecule has 2 rings (SSSR count). The lowest BCUT2D eigenvalue weighted by molar-refractivity contribution is 0.304. The van der Waals surface area contributed by atoms with Crippen LogP contribution in [0.5, 0.6) is 5.75 Å². The average Bonchev–Trinajstić information content (AvgIpc) is 3.03. The van der Waals surface area contributed by atoms with Crippen LogP contribution in [0.25, 0.3) is 0 Å². The third-order valence-corrected chi connectivity index (χ3v) is 3.42. The Morgan fingerprint density at radius 3 is 2.09 bits per heavy atom. The van der Waals surface area contributed by atoms with E-state index in [1.165, 1.54) is 38.5 Å². The van der Waals surface area contributed by atoms with E-state index in [0.717, 1.165) is 24.5 Å². The number of rotatable bonds is 9. The third-order valence-electron chi connectivity index (χ3n) is 3.42. The van der Waals surface area contributed by atoms with E-state index >= 15 is 0 Å². The first-order chi connectivity index (χ1) is 11.2. The van der Waals surface area contributed by atoms with Gasteiger partial charge < -0.3 is 16.2 Å². The van der Waals surface area contributed by atoms with E-state index in [4.69, 9.17) is 16.2 Å². The van der Waals surface area contributed by atoms with Crippen LogP contribution in [0.15, 0.2) is 36.7 Å². The lowest BCUT2D eigenvalue weighted by Gasteiger charge is -2.06. The SMILES string of the molecule is CCCCCCCCCOc1ccc(N)cc1.Nc1cn[nH]c1. The molecule has 0 fully saturated rings. The number of aromatic nitrogens is 2. The molecule has 0 unspecified atom stereocenters. The highest BCUT2D eigenvalue weighted by molar-refractivity contribution is 5.41. The molecule has 0 atom stereocenters. The van der Waals surface area contributed by atoms with Gasteiger partial charge in [-0.25, -0.2) is 0 Å².